The van der Waals surface area contributed by atoms with Crippen LogP contribution in [0, 0.1) is 0 Å². The number of carboxylic acid groups (broad SMARTS) is 1. The Bertz CT molecular complexity index is 375. The molecule has 0 heterocycles. The minimum Gasteiger partial charge on any atom is -0.480 e. The molecule has 1 aromatic rings. The Hall–Kier alpha value is -0.881. The van der Waals surface area contributed by atoms with Crippen molar-refractivity contribution >= 4 is 35.7 Å². The molecule has 0 fully saturated rings. The van der Waals surface area contributed by atoms with Crippen molar-refractivity contribution in [3.63, 3.8) is 0 Å². The van der Waals surface area contributed by atoms with E-state index in [1.807, 2.05) is 0 Å². The van der Waals surface area contributed by atoms with E-state index in [4.69, 9.17) is 10.8 Å². The summed E-state index contributed by atoms with van der Waals surface area (Å²) in [4.78, 5) is 21.5. The number of hydrogen-bond donors (Lipinski definition) is 2. The number of Topliss-reactive ketones (excluding diaryl/α,β-unsaturated/α-hetero) is 1. The number of ketones is 1. The average molecular weight is 326 g/mol. The second-order valence-electron chi connectivity index (χ2n) is 3.40. The molecule has 0 spiro atoms. The fourth-order valence-electron chi connectivity index (χ4n) is 1.22. The van der Waals surface area contributed by atoms with Gasteiger partial charge in [-0.2, -0.15) is 0 Å². The van der Waals surface area contributed by atoms with Crippen LogP contribution in [-0.2, 0) is 11.2 Å². The quantitative estimate of drug-likeness (QED) is 0.622. The molecule has 0 bridgehead atoms. The Kier molecular flexibility index (Phi) is 6.28. The Morgan fingerprint density at radius 2 is 1.81 bits per heavy atom. The number of hydrogen-bond acceptors (Lipinski definition) is 3. The van der Waals surface area contributed by atoms with E-state index in [1.165, 1.54) is 6.92 Å². The van der Waals surface area contributed by atoms with Crippen molar-refractivity contribution < 1.29 is 14.7 Å². The van der Waals surface area contributed by atoms with Crippen molar-refractivity contribution in [1.29, 1.82) is 0 Å². The molecule has 0 aliphatic rings. The molecule has 0 amide bonds. The van der Waals surface area contributed by atoms with Gasteiger partial charge in [0.2, 0.25) is 0 Å². The van der Waals surface area contributed by atoms with Crippen LogP contribution in [0.1, 0.15) is 22.8 Å². The monoisotopic (exact) mass is 327 g/mol. The Morgan fingerprint density at radius 3 is 2.19 bits per heavy atom. The van der Waals surface area contributed by atoms with Crippen LogP contribution < -0.4 is 5.73 Å². The third-order valence-corrected chi connectivity index (χ3v) is 2.13. The minimum absolute atomic E-state index is 0. The third kappa shape index (κ3) is 4.32. The predicted octanol–water partition coefficient (Wildman–Crippen LogP) is 0.463. The molecule has 0 aliphatic heterocycles. The number of carboxylic acids is 1. The number of carbonyl (C=O) groups excluding carboxylic acids is 1. The molecule has 0 aliphatic carbocycles. The van der Waals surface area contributed by atoms with Crippen molar-refractivity contribution in [1.82, 2.24) is 0 Å². The van der Waals surface area contributed by atoms with Gasteiger partial charge in [0.05, 0.1) is 0 Å². The fraction of sp³-hybridized carbons (Fsp3) is 0.273. The van der Waals surface area contributed by atoms with E-state index >= 15 is 0 Å². The Labute approximate surface area is 111 Å². The van der Waals surface area contributed by atoms with Gasteiger partial charge in [0.1, 0.15) is 6.04 Å². The standard InChI is InChI=1S/C11H13NO3.Sn/c1-7(13)9-4-2-8(3-5-9)6-10(12)11(14)15;/h2-5,10H,6,12H2,1H3,(H,14,15);/t10-;/m0./s1. The molecule has 16 heavy (non-hydrogen) atoms. The molecule has 3 N–H and O–H groups in total. The van der Waals surface area contributed by atoms with Crippen LogP contribution in [0.15, 0.2) is 24.3 Å². The summed E-state index contributed by atoms with van der Waals surface area (Å²) in [6.07, 6.45) is 0.271. The molecule has 0 saturated carbocycles. The van der Waals surface area contributed by atoms with Gasteiger partial charge in [-0.3, -0.25) is 9.59 Å². The number of carbonyl (C=O) groups is 2. The van der Waals surface area contributed by atoms with Crippen molar-refractivity contribution in [2.45, 2.75) is 19.4 Å². The van der Waals surface area contributed by atoms with Crippen LogP contribution in [0.4, 0.5) is 0 Å². The van der Waals surface area contributed by atoms with E-state index in [9.17, 15) is 9.59 Å². The van der Waals surface area contributed by atoms with Gasteiger partial charge in [-0.1, -0.05) is 24.3 Å². The maximum atomic E-state index is 11.0. The summed E-state index contributed by atoms with van der Waals surface area (Å²) >= 11 is 0. The fourth-order valence-corrected chi connectivity index (χ4v) is 1.22. The van der Waals surface area contributed by atoms with Crippen LogP contribution in [-0.4, -0.2) is 46.8 Å². The summed E-state index contributed by atoms with van der Waals surface area (Å²) in [7, 11) is 0. The van der Waals surface area contributed by atoms with Gasteiger partial charge in [-0.05, 0) is 18.9 Å². The van der Waals surface area contributed by atoms with Gasteiger partial charge < -0.3 is 10.8 Å². The molecule has 5 heteroatoms. The molecule has 1 aromatic carbocycles. The largest absolute Gasteiger partial charge is 0.480 e. The summed E-state index contributed by atoms with van der Waals surface area (Å²) in [6.45, 7) is 1.48. The minimum atomic E-state index is -1.02. The second-order valence-corrected chi connectivity index (χ2v) is 3.40. The summed E-state index contributed by atoms with van der Waals surface area (Å²) in [5, 5.41) is 8.61. The van der Waals surface area contributed by atoms with Crippen LogP contribution >= 0.6 is 0 Å². The molecule has 0 saturated heterocycles. The van der Waals surface area contributed by atoms with Gasteiger partial charge in [0.25, 0.3) is 0 Å². The van der Waals surface area contributed by atoms with Gasteiger partial charge >= 0.3 is 5.97 Å². The summed E-state index contributed by atoms with van der Waals surface area (Å²) < 4.78 is 0. The normalized spacial score (nSPS) is 11.4. The molecule has 1 rings (SSSR count). The Morgan fingerprint density at radius 1 is 1.31 bits per heavy atom. The number of rotatable bonds is 4. The van der Waals surface area contributed by atoms with Crippen LogP contribution in [0.5, 0.6) is 0 Å². The average Bonchev–Trinajstić information content (AvgIpc) is 2.18. The van der Waals surface area contributed by atoms with Gasteiger partial charge in [-0.25, -0.2) is 0 Å². The zero-order valence-corrected chi connectivity index (χ0v) is 11.8. The number of nitrogens with two attached hydrogens (primary N) is 1. The van der Waals surface area contributed by atoms with Gasteiger partial charge in [0.15, 0.2) is 5.78 Å². The van der Waals surface area contributed by atoms with Crippen molar-refractivity contribution in [2.24, 2.45) is 5.73 Å². The molecular formula is C11H13NO3Sn. The number of aliphatic carboxylic acids is 1. The van der Waals surface area contributed by atoms with E-state index < -0.39 is 12.0 Å². The number of benzene rings is 1. The first kappa shape index (κ1) is 15.1. The van der Waals surface area contributed by atoms with Crippen LogP contribution in [0.2, 0.25) is 0 Å². The van der Waals surface area contributed by atoms with Crippen LogP contribution in [0.3, 0.4) is 0 Å². The first-order valence-corrected chi connectivity index (χ1v) is 4.59. The molecule has 1 atom stereocenters. The van der Waals surface area contributed by atoms with Crippen LogP contribution in [0.25, 0.3) is 0 Å². The molecule has 0 aromatic heterocycles. The second kappa shape index (κ2) is 6.65. The topological polar surface area (TPSA) is 80.4 Å². The maximum Gasteiger partial charge on any atom is 0.320 e. The molecule has 84 valence electrons. The molecular weight excluding hydrogens is 313 g/mol. The van der Waals surface area contributed by atoms with E-state index in [-0.39, 0.29) is 36.1 Å². The van der Waals surface area contributed by atoms with E-state index in [1.54, 1.807) is 24.3 Å². The SMILES string of the molecule is CC(=O)c1ccc(C[C@H](N)C(=O)O)cc1.[Sn]. The summed E-state index contributed by atoms with van der Waals surface area (Å²) in [6, 6.07) is 5.89. The molecule has 4 radical (unpaired) electrons. The molecule has 4 nitrogen and oxygen atoms in total. The maximum absolute atomic E-state index is 11.0. The van der Waals surface area contributed by atoms with Crippen molar-refractivity contribution in [3.8, 4) is 0 Å². The summed E-state index contributed by atoms with van der Waals surface area (Å²) in [5.74, 6) is -1.03. The van der Waals surface area contributed by atoms with E-state index in [0.29, 0.717) is 5.56 Å². The smallest absolute Gasteiger partial charge is 0.320 e. The van der Waals surface area contributed by atoms with Gasteiger partial charge in [0, 0.05) is 29.5 Å². The molecule has 0 unspecified atom stereocenters. The summed E-state index contributed by atoms with van der Waals surface area (Å²) in [5.41, 5.74) is 6.81. The zero-order valence-electron chi connectivity index (χ0n) is 8.93. The van der Waals surface area contributed by atoms with Crippen molar-refractivity contribution in [2.75, 3.05) is 0 Å². The van der Waals surface area contributed by atoms with E-state index in [2.05, 4.69) is 0 Å². The Balaban J connectivity index is 0.00000225. The van der Waals surface area contributed by atoms with E-state index in [0.717, 1.165) is 5.56 Å². The van der Waals surface area contributed by atoms with Crippen molar-refractivity contribution in [3.05, 3.63) is 35.4 Å². The zero-order chi connectivity index (χ0) is 11.4. The van der Waals surface area contributed by atoms with Gasteiger partial charge in [-0.15, -0.1) is 0 Å². The predicted molar refractivity (Wildman–Crippen MR) is 61.5 cm³/mol. The first-order valence-electron chi connectivity index (χ1n) is 4.59. The first-order chi connectivity index (χ1) is 7.00. The third-order valence-electron chi connectivity index (χ3n) is 2.13.